The van der Waals surface area contributed by atoms with Gasteiger partial charge in [-0.15, -0.1) is 0 Å². The molecule has 1 aromatic carbocycles. The Bertz CT molecular complexity index is 610. The molecular weight excluding hydrogens is 291 g/mol. The van der Waals surface area contributed by atoms with E-state index >= 15 is 0 Å². The van der Waals surface area contributed by atoms with Gasteiger partial charge < -0.3 is 5.32 Å². The van der Waals surface area contributed by atoms with Crippen LogP contribution in [0, 0.1) is 18.7 Å². The van der Waals surface area contributed by atoms with Gasteiger partial charge in [-0.1, -0.05) is 13.8 Å². The fraction of sp³-hybridized carbons (Fsp3) is 0.600. The predicted octanol–water partition coefficient (Wildman–Crippen LogP) is 2.32. The zero-order valence-corrected chi connectivity index (χ0v) is 13.6. The van der Waals surface area contributed by atoms with Crippen LogP contribution in [0.1, 0.15) is 37.8 Å². The molecule has 118 valence electrons. The van der Waals surface area contributed by atoms with Gasteiger partial charge in [0, 0.05) is 24.7 Å². The summed E-state index contributed by atoms with van der Waals surface area (Å²) >= 11 is 0. The second-order valence-corrected chi connectivity index (χ2v) is 7.88. The number of rotatable bonds is 7. The van der Waals surface area contributed by atoms with E-state index < -0.39 is 10.0 Å². The molecule has 1 aliphatic rings. The van der Waals surface area contributed by atoms with Crippen LogP contribution in [-0.2, 0) is 16.6 Å². The standard InChI is InChI=1S/C15H23FN2O2S/c1-10(2)8-18-21(19,20)14-6-11(3)15(16)12(7-14)9-17-13-4-5-13/h6-7,10,13,17-18H,4-5,8-9H2,1-3H3. The number of benzene rings is 1. The number of aryl methyl sites for hydroxylation is 1. The lowest BCUT2D eigenvalue weighted by molar-refractivity contribution is 0.556. The number of hydrogen-bond donors (Lipinski definition) is 2. The van der Waals surface area contributed by atoms with Crippen molar-refractivity contribution in [2.45, 2.75) is 51.1 Å². The SMILES string of the molecule is Cc1cc(S(=O)(=O)NCC(C)C)cc(CNC2CC2)c1F. The molecule has 0 radical (unpaired) electrons. The van der Waals surface area contributed by atoms with E-state index in [1.165, 1.54) is 12.1 Å². The van der Waals surface area contributed by atoms with E-state index in [9.17, 15) is 12.8 Å². The largest absolute Gasteiger partial charge is 0.310 e. The highest BCUT2D eigenvalue weighted by Gasteiger charge is 2.22. The van der Waals surface area contributed by atoms with Crippen LogP contribution < -0.4 is 10.0 Å². The average molecular weight is 314 g/mol. The first kappa shape index (κ1) is 16.4. The lowest BCUT2D eigenvalue weighted by atomic mass is 10.1. The summed E-state index contributed by atoms with van der Waals surface area (Å²) < 4.78 is 41.2. The third-order valence-electron chi connectivity index (χ3n) is 3.45. The smallest absolute Gasteiger partial charge is 0.240 e. The van der Waals surface area contributed by atoms with E-state index in [0.717, 1.165) is 12.8 Å². The van der Waals surface area contributed by atoms with Crippen LogP contribution in [-0.4, -0.2) is 21.0 Å². The quantitative estimate of drug-likeness (QED) is 0.812. The summed E-state index contributed by atoms with van der Waals surface area (Å²) in [4.78, 5) is 0.134. The van der Waals surface area contributed by atoms with Crippen molar-refractivity contribution in [2.75, 3.05) is 6.54 Å². The Kier molecular flexibility index (Phi) is 5.01. The molecule has 1 aliphatic carbocycles. The predicted molar refractivity (Wildman–Crippen MR) is 81.0 cm³/mol. The van der Waals surface area contributed by atoms with Crippen molar-refractivity contribution in [3.8, 4) is 0 Å². The molecule has 0 aliphatic heterocycles. The highest BCUT2D eigenvalue weighted by molar-refractivity contribution is 7.89. The third kappa shape index (κ3) is 4.49. The Morgan fingerprint density at radius 3 is 2.57 bits per heavy atom. The summed E-state index contributed by atoms with van der Waals surface area (Å²) in [5.41, 5.74) is 0.766. The van der Waals surface area contributed by atoms with Crippen LogP contribution in [0.15, 0.2) is 17.0 Å². The van der Waals surface area contributed by atoms with Gasteiger partial charge in [-0.05, 0) is 43.4 Å². The Labute approximate surface area is 126 Å². The Morgan fingerprint density at radius 2 is 2.00 bits per heavy atom. The molecule has 0 heterocycles. The number of halogens is 1. The van der Waals surface area contributed by atoms with Gasteiger partial charge in [-0.3, -0.25) is 0 Å². The van der Waals surface area contributed by atoms with E-state index in [1.807, 2.05) is 13.8 Å². The molecule has 4 nitrogen and oxygen atoms in total. The maximum Gasteiger partial charge on any atom is 0.240 e. The van der Waals surface area contributed by atoms with E-state index in [4.69, 9.17) is 0 Å². The Morgan fingerprint density at radius 1 is 1.33 bits per heavy atom. The molecule has 0 amide bonds. The first-order valence-corrected chi connectivity index (χ1v) is 8.80. The summed E-state index contributed by atoms with van der Waals surface area (Å²) in [6.45, 7) is 6.20. The molecule has 0 saturated heterocycles. The molecule has 1 saturated carbocycles. The molecule has 1 aromatic rings. The van der Waals surface area contributed by atoms with E-state index in [0.29, 0.717) is 30.3 Å². The fourth-order valence-electron chi connectivity index (χ4n) is 1.99. The highest BCUT2D eigenvalue weighted by atomic mass is 32.2. The van der Waals surface area contributed by atoms with Crippen molar-refractivity contribution >= 4 is 10.0 Å². The molecule has 0 aromatic heterocycles. The first-order valence-electron chi connectivity index (χ1n) is 7.31. The molecule has 0 bridgehead atoms. The summed E-state index contributed by atoms with van der Waals surface area (Å²) in [5, 5.41) is 3.21. The third-order valence-corrected chi connectivity index (χ3v) is 4.86. The molecule has 2 rings (SSSR count). The van der Waals surface area contributed by atoms with Crippen LogP contribution in [0.4, 0.5) is 4.39 Å². The van der Waals surface area contributed by atoms with Gasteiger partial charge in [0.05, 0.1) is 4.90 Å². The van der Waals surface area contributed by atoms with Crippen molar-refractivity contribution in [1.82, 2.24) is 10.0 Å². The number of nitrogens with one attached hydrogen (secondary N) is 2. The molecular formula is C15H23FN2O2S. The van der Waals surface area contributed by atoms with Crippen LogP contribution in [0.2, 0.25) is 0 Å². The van der Waals surface area contributed by atoms with Crippen LogP contribution in [0.3, 0.4) is 0 Å². The zero-order valence-electron chi connectivity index (χ0n) is 12.7. The van der Waals surface area contributed by atoms with Crippen molar-refractivity contribution in [3.05, 3.63) is 29.1 Å². The molecule has 2 N–H and O–H groups in total. The van der Waals surface area contributed by atoms with Gasteiger partial charge in [0.15, 0.2) is 0 Å². The maximum atomic E-state index is 14.1. The van der Waals surface area contributed by atoms with E-state index in [2.05, 4.69) is 10.0 Å². The Balaban J connectivity index is 2.22. The summed E-state index contributed by atoms with van der Waals surface area (Å²) in [6, 6.07) is 3.27. The van der Waals surface area contributed by atoms with Crippen LogP contribution in [0.5, 0.6) is 0 Å². The second-order valence-electron chi connectivity index (χ2n) is 6.11. The lowest BCUT2D eigenvalue weighted by Gasteiger charge is -2.13. The number of hydrogen-bond acceptors (Lipinski definition) is 3. The lowest BCUT2D eigenvalue weighted by Crippen LogP contribution is -2.28. The van der Waals surface area contributed by atoms with Gasteiger partial charge in [0.1, 0.15) is 5.82 Å². The topological polar surface area (TPSA) is 58.2 Å². The monoisotopic (exact) mass is 314 g/mol. The van der Waals surface area contributed by atoms with Crippen molar-refractivity contribution in [3.63, 3.8) is 0 Å². The zero-order chi connectivity index (χ0) is 15.6. The minimum Gasteiger partial charge on any atom is -0.310 e. The molecule has 6 heteroatoms. The molecule has 1 fully saturated rings. The molecule has 0 atom stereocenters. The van der Waals surface area contributed by atoms with Gasteiger partial charge in [0.2, 0.25) is 10.0 Å². The van der Waals surface area contributed by atoms with Crippen LogP contribution >= 0.6 is 0 Å². The van der Waals surface area contributed by atoms with Crippen molar-refractivity contribution in [1.29, 1.82) is 0 Å². The second kappa shape index (κ2) is 6.42. The van der Waals surface area contributed by atoms with Gasteiger partial charge >= 0.3 is 0 Å². The van der Waals surface area contributed by atoms with E-state index in [1.54, 1.807) is 6.92 Å². The van der Waals surface area contributed by atoms with Crippen molar-refractivity contribution < 1.29 is 12.8 Å². The van der Waals surface area contributed by atoms with Gasteiger partial charge in [0.25, 0.3) is 0 Å². The van der Waals surface area contributed by atoms with Gasteiger partial charge in [-0.2, -0.15) is 0 Å². The average Bonchev–Trinajstić information content (AvgIpc) is 3.22. The van der Waals surface area contributed by atoms with Crippen LogP contribution in [0.25, 0.3) is 0 Å². The summed E-state index contributed by atoms with van der Waals surface area (Å²) in [5.74, 6) is -0.108. The maximum absolute atomic E-state index is 14.1. The summed E-state index contributed by atoms with van der Waals surface area (Å²) in [6.07, 6.45) is 2.21. The fourth-order valence-corrected chi connectivity index (χ4v) is 3.34. The molecule has 0 spiro atoms. The minimum absolute atomic E-state index is 0.134. The normalized spacial score (nSPS) is 15.7. The minimum atomic E-state index is -3.58. The molecule has 0 unspecified atom stereocenters. The number of sulfonamides is 1. The van der Waals surface area contributed by atoms with Gasteiger partial charge in [-0.25, -0.2) is 17.5 Å². The Hall–Kier alpha value is -0.980. The molecule has 21 heavy (non-hydrogen) atoms. The first-order chi connectivity index (χ1) is 9.79. The summed E-state index contributed by atoms with van der Waals surface area (Å²) in [7, 11) is -3.58. The van der Waals surface area contributed by atoms with E-state index in [-0.39, 0.29) is 16.6 Å². The highest BCUT2D eigenvalue weighted by Crippen LogP contribution is 2.22. The van der Waals surface area contributed by atoms with Crippen molar-refractivity contribution in [2.24, 2.45) is 5.92 Å².